The molecule has 3 aliphatic carbocycles. The second-order valence-corrected chi connectivity index (χ2v) is 6.81. The van der Waals surface area contributed by atoms with E-state index in [1.807, 2.05) is 6.92 Å². The Morgan fingerprint density at radius 2 is 1.83 bits per heavy atom. The lowest BCUT2D eigenvalue weighted by Crippen LogP contribution is -2.84. The molecule has 0 aliphatic heterocycles. The van der Waals surface area contributed by atoms with E-state index in [0.29, 0.717) is 6.42 Å². The minimum atomic E-state index is -0.586. The van der Waals surface area contributed by atoms with Crippen molar-refractivity contribution >= 4 is 23.4 Å². The van der Waals surface area contributed by atoms with Gasteiger partial charge in [-0.3, -0.25) is 9.59 Å². The number of amides is 2. The first-order valence-electron chi connectivity index (χ1n) is 7.55. The van der Waals surface area contributed by atoms with Gasteiger partial charge in [0.25, 0.3) is 5.91 Å². The highest BCUT2D eigenvalue weighted by molar-refractivity contribution is 6.30. The number of carbonyl (C=O) groups is 2. The molecular weight excluding hydrogens is 323 g/mol. The smallest absolute Gasteiger partial charge is 0.258 e. The van der Waals surface area contributed by atoms with Crippen molar-refractivity contribution in [1.29, 1.82) is 0 Å². The van der Waals surface area contributed by atoms with Gasteiger partial charge in [-0.2, -0.15) is 0 Å². The molecule has 0 heterocycles. The number of halogens is 2. The summed E-state index contributed by atoms with van der Waals surface area (Å²) in [5.41, 5.74) is -0.340. The third-order valence-electron chi connectivity index (χ3n) is 4.42. The van der Waals surface area contributed by atoms with Gasteiger partial charge in [0.05, 0.1) is 5.02 Å². The molecule has 1 aromatic carbocycles. The first-order chi connectivity index (χ1) is 10.9. The van der Waals surface area contributed by atoms with E-state index in [-0.39, 0.29) is 40.3 Å². The molecule has 23 heavy (non-hydrogen) atoms. The first kappa shape index (κ1) is 16.1. The fourth-order valence-corrected chi connectivity index (χ4v) is 3.60. The molecule has 0 atom stereocenters. The van der Waals surface area contributed by atoms with E-state index in [4.69, 9.17) is 16.3 Å². The van der Waals surface area contributed by atoms with E-state index in [1.165, 1.54) is 12.1 Å². The maximum atomic E-state index is 13.3. The third kappa shape index (κ3) is 3.13. The Labute approximate surface area is 138 Å². The van der Waals surface area contributed by atoms with Crippen molar-refractivity contribution in [2.75, 3.05) is 6.61 Å². The van der Waals surface area contributed by atoms with Gasteiger partial charge in [-0.05, 0) is 31.4 Å². The molecule has 5 nitrogen and oxygen atoms in total. The number of ether oxygens (including phenoxy) is 1. The standard InChI is InChI=1S/C16H18ClFN2O3/c1-2-13(21)19-15-7-16(8-15,9-15)20-14(22)6-23-10-3-4-11(17)12(18)5-10/h3-5H,2,6-9H2,1H3,(H,19,21)(H,20,22). The number of carbonyl (C=O) groups excluding carboxylic acids is 2. The maximum Gasteiger partial charge on any atom is 0.258 e. The average Bonchev–Trinajstić information content (AvgIpc) is 2.44. The van der Waals surface area contributed by atoms with Gasteiger partial charge in [0.1, 0.15) is 11.6 Å². The fourth-order valence-electron chi connectivity index (χ4n) is 3.48. The van der Waals surface area contributed by atoms with Crippen molar-refractivity contribution < 1.29 is 18.7 Å². The monoisotopic (exact) mass is 340 g/mol. The Morgan fingerprint density at radius 1 is 1.22 bits per heavy atom. The SMILES string of the molecule is CCC(=O)NC12CC(NC(=O)COc3ccc(Cl)c(F)c3)(C1)C2. The van der Waals surface area contributed by atoms with Crippen molar-refractivity contribution in [3.63, 3.8) is 0 Å². The number of benzene rings is 1. The van der Waals surface area contributed by atoms with Gasteiger partial charge in [0.2, 0.25) is 5.91 Å². The van der Waals surface area contributed by atoms with Crippen molar-refractivity contribution in [2.24, 2.45) is 0 Å². The molecule has 1 aromatic rings. The summed E-state index contributed by atoms with van der Waals surface area (Å²) in [6.45, 7) is 1.63. The van der Waals surface area contributed by atoms with Gasteiger partial charge in [0.15, 0.2) is 6.61 Å². The largest absolute Gasteiger partial charge is 0.484 e. The van der Waals surface area contributed by atoms with Crippen LogP contribution in [0.4, 0.5) is 4.39 Å². The van der Waals surface area contributed by atoms with Crippen LogP contribution in [0.2, 0.25) is 5.02 Å². The summed E-state index contributed by atoms with van der Waals surface area (Å²) in [5, 5.41) is 5.95. The Balaban J connectivity index is 1.43. The van der Waals surface area contributed by atoms with Crippen LogP contribution in [0.15, 0.2) is 18.2 Å². The van der Waals surface area contributed by atoms with Crippen molar-refractivity contribution in [1.82, 2.24) is 10.6 Å². The Kier molecular flexibility index (Phi) is 3.96. The summed E-state index contributed by atoms with van der Waals surface area (Å²) in [6, 6.07) is 4.03. The van der Waals surface area contributed by atoms with Crippen LogP contribution in [0.25, 0.3) is 0 Å². The fraction of sp³-hybridized carbons (Fsp3) is 0.500. The minimum absolute atomic E-state index is 0.00935. The lowest BCUT2D eigenvalue weighted by Gasteiger charge is -2.70. The minimum Gasteiger partial charge on any atom is -0.484 e. The topological polar surface area (TPSA) is 67.4 Å². The molecule has 0 saturated heterocycles. The highest BCUT2D eigenvalue weighted by Crippen LogP contribution is 2.60. The molecule has 7 heteroatoms. The molecule has 2 N–H and O–H groups in total. The first-order valence-corrected chi connectivity index (χ1v) is 7.93. The number of rotatable bonds is 6. The van der Waals surface area contributed by atoms with E-state index < -0.39 is 5.82 Å². The highest BCUT2D eigenvalue weighted by atomic mass is 35.5. The third-order valence-corrected chi connectivity index (χ3v) is 4.73. The second-order valence-electron chi connectivity index (χ2n) is 6.41. The predicted molar refractivity (Wildman–Crippen MR) is 82.8 cm³/mol. The number of hydrogen-bond acceptors (Lipinski definition) is 3. The van der Waals surface area contributed by atoms with Crippen molar-refractivity contribution in [3.8, 4) is 5.75 Å². The summed E-state index contributed by atoms with van der Waals surface area (Å²) >= 11 is 5.58. The van der Waals surface area contributed by atoms with Gasteiger partial charge in [-0.25, -0.2) is 4.39 Å². The van der Waals surface area contributed by atoms with Gasteiger partial charge in [-0.1, -0.05) is 18.5 Å². The van der Waals surface area contributed by atoms with Crippen molar-refractivity contribution in [2.45, 2.75) is 43.7 Å². The van der Waals surface area contributed by atoms with Gasteiger partial charge >= 0.3 is 0 Å². The second kappa shape index (κ2) is 5.67. The van der Waals surface area contributed by atoms with Crippen LogP contribution in [-0.4, -0.2) is 29.5 Å². The van der Waals surface area contributed by atoms with Crippen LogP contribution in [-0.2, 0) is 9.59 Å². The molecule has 3 fully saturated rings. The van der Waals surface area contributed by atoms with Crippen LogP contribution < -0.4 is 15.4 Å². The molecular formula is C16H18ClFN2O3. The summed E-state index contributed by atoms with van der Waals surface area (Å²) in [7, 11) is 0. The quantitative estimate of drug-likeness (QED) is 0.834. The summed E-state index contributed by atoms with van der Waals surface area (Å²) in [4.78, 5) is 23.4. The summed E-state index contributed by atoms with van der Waals surface area (Å²) in [5.74, 6) is -0.544. The van der Waals surface area contributed by atoms with E-state index in [2.05, 4.69) is 10.6 Å². The zero-order valence-corrected chi connectivity index (χ0v) is 13.5. The molecule has 0 aromatic heterocycles. The molecule has 0 spiro atoms. The molecule has 0 unspecified atom stereocenters. The molecule has 124 valence electrons. The molecule has 3 saturated carbocycles. The van der Waals surface area contributed by atoms with Crippen LogP contribution in [0.3, 0.4) is 0 Å². The Morgan fingerprint density at radius 3 is 2.39 bits per heavy atom. The van der Waals surface area contributed by atoms with Crippen molar-refractivity contribution in [3.05, 3.63) is 29.0 Å². The van der Waals surface area contributed by atoms with Gasteiger partial charge in [0, 0.05) is 23.6 Å². The molecule has 3 aliphatic rings. The molecule has 4 rings (SSSR count). The Bertz CT molecular complexity index is 645. The summed E-state index contributed by atoms with van der Waals surface area (Å²) in [6.07, 6.45) is 2.74. The number of nitrogens with one attached hydrogen (secondary N) is 2. The van der Waals surface area contributed by atoms with Crippen LogP contribution in [0.1, 0.15) is 32.6 Å². The zero-order valence-electron chi connectivity index (χ0n) is 12.7. The van der Waals surface area contributed by atoms with E-state index in [0.717, 1.165) is 25.3 Å². The normalized spacial score (nSPS) is 27.4. The molecule has 0 radical (unpaired) electrons. The lowest BCUT2D eigenvalue weighted by atomic mass is 9.44. The van der Waals surface area contributed by atoms with Gasteiger partial charge in [-0.15, -0.1) is 0 Å². The lowest BCUT2D eigenvalue weighted by molar-refractivity contribution is -0.150. The summed E-state index contributed by atoms with van der Waals surface area (Å²) < 4.78 is 18.5. The Hall–Kier alpha value is -1.82. The van der Waals surface area contributed by atoms with Crippen LogP contribution >= 0.6 is 11.6 Å². The van der Waals surface area contributed by atoms with E-state index in [1.54, 1.807) is 0 Å². The average molecular weight is 341 g/mol. The zero-order chi connectivity index (χ0) is 16.7. The van der Waals surface area contributed by atoms with E-state index >= 15 is 0 Å². The number of hydrogen-bond donors (Lipinski definition) is 2. The molecule has 2 bridgehead atoms. The maximum absolute atomic E-state index is 13.3. The highest BCUT2D eigenvalue weighted by Gasteiger charge is 2.69. The van der Waals surface area contributed by atoms with Gasteiger partial charge < -0.3 is 15.4 Å². The molecule has 2 amide bonds. The van der Waals surface area contributed by atoms with Crippen LogP contribution in [0, 0.1) is 5.82 Å². The van der Waals surface area contributed by atoms with E-state index in [9.17, 15) is 14.0 Å². The van der Waals surface area contributed by atoms with Crippen LogP contribution in [0.5, 0.6) is 5.75 Å². The predicted octanol–water partition coefficient (Wildman–Crippen LogP) is 2.18.